The molecule has 0 aromatic carbocycles. The van der Waals surface area contributed by atoms with Crippen LogP contribution in [0, 0.1) is 0 Å². The number of aromatic nitrogens is 2. The highest BCUT2D eigenvalue weighted by Crippen LogP contribution is 2.37. The summed E-state index contributed by atoms with van der Waals surface area (Å²) < 4.78 is 12.5. The minimum atomic E-state index is -1.24. The Morgan fingerprint density at radius 2 is 2.14 bits per heavy atom. The van der Waals surface area contributed by atoms with Gasteiger partial charge in [-0.3, -0.25) is 14.3 Å². The van der Waals surface area contributed by atoms with Crippen LogP contribution in [-0.4, -0.2) is 38.9 Å². The summed E-state index contributed by atoms with van der Waals surface area (Å²) in [5, 5.41) is 10.4. The third-order valence-electron chi connectivity index (χ3n) is 4.13. The highest BCUT2D eigenvalue weighted by atomic mass is 16.7. The van der Waals surface area contributed by atoms with Gasteiger partial charge in [-0.2, -0.15) is 0 Å². The summed E-state index contributed by atoms with van der Waals surface area (Å²) in [5.74, 6) is -1.24. The molecule has 1 saturated heterocycles. The smallest absolute Gasteiger partial charge is 0.330 e. The molecular weight excluding hydrogens is 292 g/mol. The van der Waals surface area contributed by atoms with Crippen molar-refractivity contribution >= 4 is 6.29 Å². The van der Waals surface area contributed by atoms with E-state index < -0.39 is 35.5 Å². The number of H-pyrrole nitrogens is 1. The molecule has 1 aromatic heterocycles. The Kier molecular flexibility index (Phi) is 3.98. The van der Waals surface area contributed by atoms with Gasteiger partial charge in [-0.1, -0.05) is 0 Å². The van der Waals surface area contributed by atoms with E-state index in [-0.39, 0.29) is 6.42 Å². The number of aldehydes is 1. The van der Waals surface area contributed by atoms with Crippen LogP contribution in [0.3, 0.4) is 0 Å². The van der Waals surface area contributed by atoms with E-state index in [2.05, 4.69) is 4.98 Å². The Labute approximate surface area is 125 Å². The number of rotatable bonds is 4. The molecule has 1 saturated carbocycles. The fourth-order valence-electron chi connectivity index (χ4n) is 3.06. The molecule has 1 aliphatic carbocycles. The molecule has 8 heteroatoms. The fourth-order valence-corrected chi connectivity index (χ4v) is 3.06. The first kappa shape index (κ1) is 15.1. The van der Waals surface area contributed by atoms with Crippen molar-refractivity contribution in [1.29, 1.82) is 0 Å². The van der Waals surface area contributed by atoms with E-state index >= 15 is 0 Å². The molecule has 1 unspecified atom stereocenters. The van der Waals surface area contributed by atoms with Crippen molar-refractivity contribution in [3.8, 4) is 0 Å². The molecule has 2 fully saturated rings. The minimum absolute atomic E-state index is 0.252. The number of hydrogen-bond donors (Lipinski definition) is 2. The molecule has 2 heterocycles. The van der Waals surface area contributed by atoms with Crippen LogP contribution in [0.2, 0.25) is 0 Å². The van der Waals surface area contributed by atoms with Crippen molar-refractivity contribution in [1.82, 2.24) is 9.55 Å². The number of aromatic amines is 1. The van der Waals surface area contributed by atoms with Crippen molar-refractivity contribution in [2.75, 3.05) is 0 Å². The van der Waals surface area contributed by atoms with Gasteiger partial charge in [0.2, 0.25) is 0 Å². The molecule has 8 nitrogen and oxygen atoms in total. The lowest BCUT2D eigenvalue weighted by Gasteiger charge is -2.29. The SMILES string of the molecule is O=C[C@@H]1CC(OC2(O)CCCC2)[C@H](n2ccc(=O)[nH]c2=O)O1. The first-order valence-electron chi connectivity index (χ1n) is 7.33. The van der Waals surface area contributed by atoms with Gasteiger partial charge in [-0.15, -0.1) is 0 Å². The van der Waals surface area contributed by atoms with Gasteiger partial charge in [0.25, 0.3) is 5.56 Å². The number of nitrogens with zero attached hydrogens (tertiary/aromatic N) is 1. The highest BCUT2D eigenvalue weighted by molar-refractivity contribution is 5.56. The third-order valence-corrected chi connectivity index (χ3v) is 4.13. The van der Waals surface area contributed by atoms with E-state index in [0.717, 1.165) is 12.8 Å². The van der Waals surface area contributed by atoms with Crippen LogP contribution in [0.5, 0.6) is 0 Å². The highest BCUT2D eigenvalue weighted by Gasteiger charge is 2.43. The van der Waals surface area contributed by atoms with Crippen LogP contribution in [0.1, 0.15) is 38.3 Å². The molecule has 0 spiro atoms. The molecule has 2 N–H and O–H groups in total. The van der Waals surface area contributed by atoms with Gasteiger partial charge in [0.15, 0.2) is 12.0 Å². The zero-order valence-electron chi connectivity index (χ0n) is 11.9. The first-order chi connectivity index (χ1) is 10.5. The topological polar surface area (TPSA) is 111 Å². The number of aliphatic hydroxyl groups is 1. The molecule has 3 rings (SSSR count). The Morgan fingerprint density at radius 3 is 2.77 bits per heavy atom. The van der Waals surface area contributed by atoms with E-state index in [4.69, 9.17) is 9.47 Å². The van der Waals surface area contributed by atoms with Crippen LogP contribution in [0.4, 0.5) is 0 Å². The van der Waals surface area contributed by atoms with E-state index in [1.54, 1.807) is 0 Å². The van der Waals surface area contributed by atoms with Crippen LogP contribution in [0.15, 0.2) is 21.9 Å². The molecule has 1 aromatic rings. The van der Waals surface area contributed by atoms with Gasteiger partial charge in [-0.25, -0.2) is 4.79 Å². The number of hydrogen-bond acceptors (Lipinski definition) is 6. The van der Waals surface area contributed by atoms with Crippen LogP contribution < -0.4 is 11.2 Å². The second-order valence-electron chi connectivity index (χ2n) is 5.76. The summed E-state index contributed by atoms with van der Waals surface area (Å²) in [6.07, 6.45) is 2.76. The molecule has 1 aliphatic heterocycles. The number of carbonyl (C=O) groups is 1. The largest absolute Gasteiger partial charge is 0.365 e. The second-order valence-corrected chi connectivity index (χ2v) is 5.76. The van der Waals surface area contributed by atoms with E-state index in [9.17, 15) is 19.5 Å². The van der Waals surface area contributed by atoms with Crippen LogP contribution in [0.25, 0.3) is 0 Å². The monoisotopic (exact) mass is 310 g/mol. The molecule has 0 radical (unpaired) electrons. The van der Waals surface area contributed by atoms with Gasteiger partial charge < -0.3 is 19.4 Å². The lowest BCUT2D eigenvalue weighted by Crippen LogP contribution is -2.40. The number of nitrogens with one attached hydrogen (secondary N) is 1. The summed E-state index contributed by atoms with van der Waals surface area (Å²) in [6, 6.07) is 1.19. The normalized spacial score (nSPS) is 30.5. The Morgan fingerprint density at radius 1 is 1.41 bits per heavy atom. The number of carbonyl (C=O) groups excluding carboxylic acids is 1. The second kappa shape index (κ2) is 5.79. The molecule has 22 heavy (non-hydrogen) atoms. The molecule has 2 aliphatic rings. The lowest BCUT2D eigenvalue weighted by molar-refractivity contribution is -0.240. The number of ether oxygens (including phenoxy) is 2. The molecule has 120 valence electrons. The Bertz CT molecular complexity index is 660. The Balaban J connectivity index is 1.87. The minimum Gasteiger partial charge on any atom is -0.365 e. The van der Waals surface area contributed by atoms with Gasteiger partial charge >= 0.3 is 5.69 Å². The molecule has 3 atom stereocenters. The summed E-state index contributed by atoms with van der Waals surface area (Å²) in [5.41, 5.74) is -1.16. The van der Waals surface area contributed by atoms with Gasteiger partial charge in [0.1, 0.15) is 18.5 Å². The fraction of sp³-hybridized carbons (Fsp3) is 0.643. The van der Waals surface area contributed by atoms with E-state index in [0.29, 0.717) is 19.1 Å². The maximum absolute atomic E-state index is 11.9. The summed E-state index contributed by atoms with van der Waals surface area (Å²) in [6.45, 7) is 0. The molecular formula is C14H18N2O6. The predicted octanol–water partition coefficient (Wildman–Crippen LogP) is -0.329. The van der Waals surface area contributed by atoms with Crippen molar-refractivity contribution in [3.05, 3.63) is 33.1 Å². The molecule has 0 bridgehead atoms. The maximum Gasteiger partial charge on any atom is 0.330 e. The summed E-state index contributed by atoms with van der Waals surface area (Å²) >= 11 is 0. The average molecular weight is 310 g/mol. The van der Waals surface area contributed by atoms with Crippen LogP contribution in [-0.2, 0) is 14.3 Å². The van der Waals surface area contributed by atoms with Crippen molar-refractivity contribution in [2.24, 2.45) is 0 Å². The zero-order valence-corrected chi connectivity index (χ0v) is 11.9. The van der Waals surface area contributed by atoms with Gasteiger partial charge in [0.05, 0.1) is 0 Å². The van der Waals surface area contributed by atoms with Crippen molar-refractivity contribution < 1.29 is 19.4 Å². The van der Waals surface area contributed by atoms with E-state index in [1.165, 1.54) is 16.8 Å². The quantitative estimate of drug-likeness (QED) is 0.582. The standard InChI is InChI=1S/C14H18N2O6/c17-8-9-7-10(22-14(20)4-1-2-5-14)12(21-9)16-6-3-11(18)15-13(16)19/h3,6,8-10,12,20H,1-2,4-5,7H2,(H,15,18,19)/t9-,10?,12+/m0/s1. The zero-order chi connectivity index (χ0) is 15.7. The summed E-state index contributed by atoms with van der Waals surface area (Å²) in [4.78, 5) is 36.2. The molecule has 0 amide bonds. The lowest BCUT2D eigenvalue weighted by atomic mass is 10.1. The Hall–Kier alpha value is -1.77. The summed E-state index contributed by atoms with van der Waals surface area (Å²) in [7, 11) is 0. The third kappa shape index (κ3) is 2.90. The predicted molar refractivity (Wildman–Crippen MR) is 74.2 cm³/mol. The van der Waals surface area contributed by atoms with Crippen molar-refractivity contribution in [2.45, 2.75) is 56.3 Å². The van der Waals surface area contributed by atoms with E-state index in [1.807, 2.05) is 0 Å². The van der Waals surface area contributed by atoms with Gasteiger partial charge in [-0.05, 0) is 12.8 Å². The van der Waals surface area contributed by atoms with Gasteiger partial charge in [0, 0.05) is 31.5 Å². The first-order valence-corrected chi connectivity index (χ1v) is 7.33. The van der Waals surface area contributed by atoms with Crippen molar-refractivity contribution in [3.63, 3.8) is 0 Å². The average Bonchev–Trinajstić information content (AvgIpc) is 3.06. The maximum atomic E-state index is 11.9. The van der Waals surface area contributed by atoms with Crippen LogP contribution >= 0.6 is 0 Å².